The SMILES string of the molecule is CCCC(=O)N1CCC(C)(CC)CC1. The van der Waals surface area contributed by atoms with Crippen LogP contribution in [-0.2, 0) is 4.79 Å². The van der Waals surface area contributed by atoms with Gasteiger partial charge in [-0.3, -0.25) is 4.79 Å². The first kappa shape index (κ1) is 11.5. The lowest BCUT2D eigenvalue weighted by Gasteiger charge is -2.39. The molecule has 0 aromatic carbocycles. The van der Waals surface area contributed by atoms with Crippen LogP contribution in [0.1, 0.15) is 52.9 Å². The molecular weight excluding hydrogens is 174 g/mol. The second-order valence-corrected chi connectivity index (χ2v) is 4.80. The molecule has 0 aromatic rings. The lowest BCUT2D eigenvalue weighted by atomic mass is 9.78. The van der Waals surface area contributed by atoms with E-state index >= 15 is 0 Å². The third-order valence-electron chi connectivity index (χ3n) is 3.64. The molecule has 0 spiro atoms. The van der Waals surface area contributed by atoms with Gasteiger partial charge in [-0.05, 0) is 24.7 Å². The molecule has 0 aliphatic carbocycles. The number of nitrogens with zero attached hydrogens (tertiary/aromatic N) is 1. The molecule has 1 aliphatic heterocycles. The summed E-state index contributed by atoms with van der Waals surface area (Å²) in [4.78, 5) is 13.7. The highest BCUT2D eigenvalue weighted by Gasteiger charge is 2.29. The molecule has 1 rings (SSSR count). The zero-order chi connectivity index (χ0) is 10.6. The molecule has 14 heavy (non-hydrogen) atoms. The van der Waals surface area contributed by atoms with Crippen LogP contribution in [0.4, 0.5) is 0 Å². The predicted octanol–water partition coefficient (Wildman–Crippen LogP) is 2.83. The van der Waals surface area contributed by atoms with Crippen LogP contribution >= 0.6 is 0 Å². The third kappa shape index (κ3) is 2.73. The molecule has 1 aliphatic rings. The van der Waals surface area contributed by atoms with Gasteiger partial charge in [-0.1, -0.05) is 27.2 Å². The van der Waals surface area contributed by atoms with Crippen molar-refractivity contribution in [2.24, 2.45) is 5.41 Å². The average molecular weight is 197 g/mol. The first-order valence-electron chi connectivity index (χ1n) is 5.89. The van der Waals surface area contributed by atoms with E-state index in [1.54, 1.807) is 0 Å². The fraction of sp³-hybridized carbons (Fsp3) is 0.917. The second kappa shape index (κ2) is 4.81. The van der Waals surface area contributed by atoms with Gasteiger partial charge < -0.3 is 4.90 Å². The Hall–Kier alpha value is -0.530. The van der Waals surface area contributed by atoms with Crippen molar-refractivity contribution in [3.8, 4) is 0 Å². The minimum atomic E-state index is 0.352. The summed E-state index contributed by atoms with van der Waals surface area (Å²) in [6.07, 6.45) is 5.30. The van der Waals surface area contributed by atoms with E-state index in [1.807, 2.05) is 4.90 Å². The number of carbonyl (C=O) groups excluding carboxylic acids is 1. The van der Waals surface area contributed by atoms with Crippen LogP contribution in [0.15, 0.2) is 0 Å². The molecule has 82 valence electrons. The number of piperidine rings is 1. The van der Waals surface area contributed by atoms with Crippen molar-refractivity contribution in [2.45, 2.75) is 52.9 Å². The Balaban J connectivity index is 2.39. The van der Waals surface area contributed by atoms with E-state index in [-0.39, 0.29) is 0 Å². The maximum absolute atomic E-state index is 11.6. The number of hydrogen-bond acceptors (Lipinski definition) is 1. The van der Waals surface area contributed by atoms with E-state index in [9.17, 15) is 4.79 Å². The average Bonchev–Trinajstić information content (AvgIpc) is 2.19. The Bertz CT molecular complexity index is 192. The summed E-state index contributed by atoms with van der Waals surface area (Å²) in [5, 5.41) is 0. The second-order valence-electron chi connectivity index (χ2n) is 4.80. The third-order valence-corrected chi connectivity index (χ3v) is 3.64. The van der Waals surface area contributed by atoms with Gasteiger partial charge in [-0.25, -0.2) is 0 Å². The van der Waals surface area contributed by atoms with E-state index < -0.39 is 0 Å². The van der Waals surface area contributed by atoms with Gasteiger partial charge in [0.25, 0.3) is 0 Å². The zero-order valence-corrected chi connectivity index (χ0v) is 9.81. The summed E-state index contributed by atoms with van der Waals surface area (Å²) in [5.74, 6) is 0.352. The normalized spacial score (nSPS) is 20.9. The molecule has 1 fully saturated rings. The van der Waals surface area contributed by atoms with Gasteiger partial charge in [0.2, 0.25) is 5.91 Å². The first-order chi connectivity index (χ1) is 6.61. The zero-order valence-electron chi connectivity index (χ0n) is 9.81. The summed E-state index contributed by atoms with van der Waals surface area (Å²) in [6.45, 7) is 8.61. The van der Waals surface area contributed by atoms with Crippen molar-refractivity contribution < 1.29 is 4.79 Å². The van der Waals surface area contributed by atoms with Crippen LogP contribution in [0.25, 0.3) is 0 Å². The van der Waals surface area contributed by atoms with Gasteiger partial charge >= 0.3 is 0 Å². The van der Waals surface area contributed by atoms with Crippen molar-refractivity contribution in [1.29, 1.82) is 0 Å². The number of hydrogen-bond donors (Lipinski definition) is 0. The number of carbonyl (C=O) groups is 1. The van der Waals surface area contributed by atoms with Crippen molar-refractivity contribution in [3.63, 3.8) is 0 Å². The molecule has 0 radical (unpaired) electrons. The summed E-state index contributed by atoms with van der Waals surface area (Å²) in [6, 6.07) is 0. The van der Waals surface area contributed by atoms with Gasteiger partial charge in [0.15, 0.2) is 0 Å². The highest BCUT2D eigenvalue weighted by atomic mass is 16.2. The molecule has 2 heteroatoms. The van der Waals surface area contributed by atoms with Crippen LogP contribution in [0.2, 0.25) is 0 Å². The summed E-state index contributed by atoms with van der Waals surface area (Å²) in [5.41, 5.74) is 0.489. The molecule has 2 nitrogen and oxygen atoms in total. The topological polar surface area (TPSA) is 20.3 Å². The highest BCUT2D eigenvalue weighted by molar-refractivity contribution is 5.76. The number of amides is 1. The Morgan fingerprint density at radius 2 is 1.86 bits per heavy atom. The molecule has 0 unspecified atom stereocenters. The van der Waals surface area contributed by atoms with Crippen molar-refractivity contribution in [2.75, 3.05) is 13.1 Å². The van der Waals surface area contributed by atoms with Crippen LogP contribution < -0.4 is 0 Å². The van der Waals surface area contributed by atoms with Crippen molar-refractivity contribution in [3.05, 3.63) is 0 Å². The quantitative estimate of drug-likeness (QED) is 0.681. The van der Waals surface area contributed by atoms with Gasteiger partial charge in [0.1, 0.15) is 0 Å². The lowest BCUT2D eigenvalue weighted by molar-refractivity contribution is -0.133. The van der Waals surface area contributed by atoms with Gasteiger partial charge in [0.05, 0.1) is 0 Å². The number of likely N-dealkylation sites (tertiary alicyclic amines) is 1. The molecule has 1 saturated heterocycles. The van der Waals surface area contributed by atoms with Gasteiger partial charge in [0, 0.05) is 19.5 Å². The minimum Gasteiger partial charge on any atom is -0.343 e. The molecule has 0 bridgehead atoms. The van der Waals surface area contributed by atoms with Crippen LogP contribution in [0, 0.1) is 5.41 Å². The molecule has 1 heterocycles. The van der Waals surface area contributed by atoms with E-state index in [0.717, 1.165) is 25.9 Å². The van der Waals surface area contributed by atoms with Crippen LogP contribution in [0.3, 0.4) is 0 Å². The monoisotopic (exact) mass is 197 g/mol. The summed E-state index contributed by atoms with van der Waals surface area (Å²) < 4.78 is 0. The smallest absolute Gasteiger partial charge is 0.222 e. The maximum Gasteiger partial charge on any atom is 0.222 e. The van der Waals surface area contributed by atoms with Crippen molar-refractivity contribution >= 4 is 5.91 Å². The van der Waals surface area contributed by atoms with E-state index in [2.05, 4.69) is 20.8 Å². The Morgan fingerprint density at radius 1 is 1.29 bits per heavy atom. The summed E-state index contributed by atoms with van der Waals surface area (Å²) >= 11 is 0. The fourth-order valence-corrected chi connectivity index (χ4v) is 2.02. The molecule has 0 N–H and O–H groups in total. The molecule has 0 atom stereocenters. The van der Waals surface area contributed by atoms with Crippen LogP contribution in [0.5, 0.6) is 0 Å². The lowest BCUT2D eigenvalue weighted by Crippen LogP contribution is -2.41. The maximum atomic E-state index is 11.6. The molecule has 0 saturated carbocycles. The minimum absolute atomic E-state index is 0.352. The largest absolute Gasteiger partial charge is 0.343 e. The van der Waals surface area contributed by atoms with E-state index in [0.29, 0.717) is 11.3 Å². The van der Waals surface area contributed by atoms with E-state index in [4.69, 9.17) is 0 Å². The molecule has 0 aromatic heterocycles. The van der Waals surface area contributed by atoms with Crippen LogP contribution in [-0.4, -0.2) is 23.9 Å². The molecule has 1 amide bonds. The Kier molecular flexibility index (Phi) is 3.97. The van der Waals surface area contributed by atoms with Gasteiger partial charge in [-0.15, -0.1) is 0 Å². The van der Waals surface area contributed by atoms with Gasteiger partial charge in [-0.2, -0.15) is 0 Å². The summed E-state index contributed by atoms with van der Waals surface area (Å²) in [7, 11) is 0. The highest BCUT2D eigenvalue weighted by Crippen LogP contribution is 2.33. The predicted molar refractivity (Wildman–Crippen MR) is 59.1 cm³/mol. The number of rotatable bonds is 3. The fourth-order valence-electron chi connectivity index (χ4n) is 2.02. The van der Waals surface area contributed by atoms with Crippen molar-refractivity contribution in [1.82, 2.24) is 4.90 Å². The standard InChI is InChI=1S/C12H23NO/c1-4-6-11(14)13-9-7-12(3,5-2)8-10-13/h4-10H2,1-3H3. The Morgan fingerprint density at radius 3 is 2.29 bits per heavy atom. The Labute approximate surface area is 87.7 Å². The molecular formula is C12H23NO. The van der Waals surface area contributed by atoms with E-state index in [1.165, 1.54) is 19.3 Å². The first-order valence-corrected chi connectivity index (χ1v) is 5.89.